The molecule has 2 N–H and O–H groups in total. The third kappa shape index (κ3) is 14.8. The van der Waals surface area contributed by atoms with E-state index in [2.05, 4.69) is 27.8 Å². The maximum absolute atomic E-state index is 11.2. The third-order valence-electron chi connectivity index (χ3n) is 3.73. The highest BCUT2D eigenvalue weighted by Gasteiger charge is 2.09. The number of halogens is 1. The van der Waals surface area contributed by atoms with Crippen molar-refractivity contribution in [3.63, 3.8) is 0 Å². The van der Waals surface area contributed by atoms with Gasteiger partial charge in [0.2, 0.25) is 0 Å². The summed E-state index contributed by atoms with van der Waals surface area (Å²) >= 11 is 0. The Morgan fingerprint density at radius 1 is 1.22 bits per heavy atom. The van der Waals surface area contributed by atoms with Gasteiger partial charge in [-0.3, -0.25) is 4.99 Å². The van der Waals surface area contributed by atoms with E-state index in [0.29, 0.717) is 19.6 Å². The molecular formula is C19H34IN3O3S. The number of nitrogens with zero attached hydrogens (tertiary/aromatic N) is 1. The van der Waals surface area contributed by atoms with E-state index in [1.54, 1.807) is 0 Å². The summed E-state index contributed by atoms with van der Waals surface area (Å²) in [5.74, 6) is 0.915. The molecule has 1 atom stereocenters. The molecule has 156 valence electrons. The molecule has 0 heterocycles. The van der Waals surface area contributed by atoms with Crippen molar-refractivity contribution in [1.29, 1.82) is 0 Å². The van der Waals surface area contributed by atoms with E-state index in [9.17, 15) is 8.42 Å². The molecule has 0 bridgehead atoms. The van der Waals surface area contributed by atoms with Gasteiger partial charge in [0.05, 0.1) is 12.4 Å². The molecule has 0 aliphatic heterocycles. The van der Waals surface area contributed by atoms with Gasteiger partial charge in [0.15, 0.2) is 5.96 Å². The highest BCUT2D eigenvalue weighted by Crippen LogP contribution is 2.02. The zero-order valence-electron chi connectivity index (χ0n) is 16.6. The number of guanidine groups is 1. The Labute approximate surface area is 181 Å². The van der Waals surface area contributed by atoms with Crippen molar-refractivity contribution in [2.45, 2.75) is 45.8 Å². The average molecular weight is 511 g/mol. The molecule has 27 heavy (non-hydrogen) atoms. The minimum absolute atomic E-state index is 0. The summed E-state index contributed by atoms with van der Waals surface area (Å²) in [7, 11) is -2.93. The molecule has 0 aromatic heterocycles. The summed E-state index contributed by atoms with van der Waals surface area (Å²) in [6.07, 6.45) is 3.73. The topological polar surface area (TPSA) is 79.8 Å². The number of ether oxygens (including phenoxy) is 1. The fourth-order valence-corrected chi connectivity index (χ4v) is 3.07. The summed E-state index contributed by atoms with van der Waals surface area (Å²) in [5, 5.41) is 6.45. The number of hydrogen-bond donors (Lipinski definition) is 2. The Morgan fingerprint density at radius 3 is 2.56 bits per heavy atom. The Morgan fingerprint density at radius 2 is 1.93 bits per heavy atom. The third-order valence-corrected chi connectivity index (χ3v) is 4.70. The lowest BCUT2D eigenvalue weighted by Gasteiger charge is -2.17. The molecule has 1 aromatic carbocycles. The normalized spacial score (nSPS) is 12.9. The Kier molecular flexibility index (Phi) is 14.6. The van der Waals surface area contributed by atoms with Gasteiger partial charge in [0.25, 0.3) is 0 Å². The Bertz CT molecular complexity index is 624. The zero-order valence-corrected chi connectivity index (χ0v) is 19.8. The minimum Gasteiger partial charge on any atom is -0.377 e. The van der Waals surface area contributed by atoms with Crippen LogP contribution in [0, 0.1) is 0 Å². The van der Waals surface area contributed by atoms with Crippen molar-refractivity contribution in [3.05, 3.63) is 35.9 Å². The minimum atomic E-state index is -2.93. The molecule has 0 radical (unpaired) electrons. The summed E-state index contributed by atoms with van der Waals surface area (Å²) < 4.78 is 28.2. The maximum Gasteiger partial charge on any atom is 0.191 e. The second-order valence-corrected chi connectivity index (χ2v) is 8.73. The van der Waals surface area contributed by atoms with Crippen LogP contribution < -0.4 is 10.6 Å². The van der Waals surface area contributed by atoms with Gasteiger partial charge in [-0.1, -0.05) is 30.3 Å². The fraction of sp³-hybridized carbons (Fsp3) is 0.632. The number of rotatable bonds is 12. The molecular weight excluding hydrogens is 477 g/mol. The number of aliphatic imine (C=N–C) groups is 1. The summed E-state index contributed by atoms with van der Waals surface area (Å²) in [5.41, 5.74) is 1.19. The van der Waals surface area contributed by atoms with E-state index >= 15 is 0 Å². The van der Waals surface area contributed by atoms with Crippen LogP contribution in [0.1, 0.15) is 38.7 Å². The largest absolute Gasteiger partial charge is 0.377 e. The molecule has 6 nitrogen and oxygen atoms in total. The SMILES string of the molecule is CCNC(=NCCCCOCc1ccccc1)NC(C)CCS(C)(=O)=O.I. The van der Waals surface area contributed by atoms with Gasteiger partial charge in [-0.25, -0.2) is 8.42 Å². The lowest BCUT2D eigenvalue weighted by molar-refractivity contribution is 0.117. The molecule has 0 spiro atoms. The van der Waals surface area contributed by atoms with Crippen molar-refractivity contribution >= 4 is 39.8 Å². The van der Waals surface area contributed by atoms with Crippen LogP contribution in [0.25, 0.3) is 0 Å². The average Bonchev–Trinajstić information content (AvgIpc) is 2.59. The predicted octanol–water partition coefficient (Wildman–Crippen LogP) is 2.98. The Balaban J connectivity index is 0.00000676. The van der Waals surface area contributed by atoms with Crippen molar-refractivity contribution < 1.29 is 13.2 Å². The number of hydrogen-bond acceptors (Lipinski definition) is 4. The smallest absolute Gasteiger partial charge is 0.191 e. The molecule has 8 heteroatoms. The van der Waals surface area contributed by atoms with Crippen LogP contribution in [0.3, 0.4) is 0 Å². The van der Waals surface area contributed by atoms with E-state index < -0.39 is 9.84 Å². The fourth-order valence-electron chi connectivity index (χ4n) is 2.29. The molecule has 0 aliphatic rings. The van der Waals surface area contributed by atoms with Crippen LogP contribution in [-0.4, -0.2) is 52.1 Å². The summed E-state index contributed by atoms with van der Waals surface area (Å²) in [4.78, 5) is 4.54. The van der Waals surface area contributed by atoms with Crippen LogP contribution in [-0.2, 0) is 21.2 Å². The molecule has 1 aromatic rings. The lowest BCUT2D eigenvalue weighted by Crippen LogP contribution is -2.42. The highest BCUT2D eigenvalue weighted by atomic mass is 127. The van der Waals surface area contributed by atoms with Gasteiger partial charge in [-0.05, 0) is 38.7 Å². The van der Waals surface area contributed by atoms with E-state index in [1.165, 1.54) is 11.8 Å². The summed E-state index contributed by atoms with van der Waals surface area (Å²) in [6.45, 7) is 6.82. The van der Waals surface area contributed by atoms with Crippen molar-refractivity contribution in [3.8, 4) is 0 Å². The van der Waals surface area contributed by atoms with Crippen molar-refractivity contribution in [2.24, 2.45) is 4.99 Å². The quantitative estimate of drug-likeness (QED) is 0.195. The first-order chi connectivity index (χ1) is 12.4. The number of nitrogens with one attached hydrogen (secondary N) is 2. The lowest BCUT2D eigenvalue weighted by atomic mass is 10.2. The maximum atomic E-state index is 11.2. The van der Waals surface area contributed by atoms with Gasteiger partial charge >= 0.3 is 0 Å². The predicted molar refractivity (Wildman–Crippen MR) is 124 cm³/mol. The van der Waals surface area contributed by atoms with Crippen LogP contribution in [0.15, 0.2) is 35.3 Å². The van der Waals surface area contributed by atoms with Gasteiger partial charge in [-0.2, -0.15) is 0 Å². The standard InChI is InChI=1S/C19H33N3O3S.HI/c1-4-20-19(22-17(2)12-15-26(3,23)24)21-13-8-9-14-25-16-18-10-6-5-7-11-18;/h5-7,10-11,17H,4,8-9,12-16H2,1-3H3,(H2,20,21,22);1H. The van der Waals surface area contributed by atoms with Crippen LogP contribution in [0.5, 0.6) is 0 Å². The first kappa shape index (κ1) is 26.1. The van der Waals surface area contributed by atoms with Gasteiger partial charge < -0.3 is 15.4 Å². The molecule has 1 rings (SSSR count). The van der Waals surface area contributed by atoms with E-state index in [-0.39, 0.29) is 35.8 Å². The van der Waals surface area contributed by atoms with E-state index in [0.717, 1.165) is 32.0 Å². The van der Waals surface area contributed by atoms with Crippen molar-refractivity contribution in [2.75, 3.05) is 31.7 Å². The van der Waals surface area contributed by atoms with Crippen LogP contribution in [0.2, 0.25) is 0 Å². The molecule has 0 saturated heterocycles. The van der Waals surface area contributed by atoms with Gasteiger partial charge in [0.1, 0.15) is 9.84 Å². The monoisotopic (exact) mass is 511 g/mol. The first-order valence-corrected chi connectivity index (χ1v) is 11.3. The number of unbranched alkanes of at least 4 members (excludes halogenated alkanes) is 1. The first-order valence-electron chi connectivity index (χ1n) is 9.25. The molecule has 0 aliphatic carbocycles. The van der Waals surface area contributed by atoms with Crippen molar-refractivity contribution in [1.82, 2.24) is 10.6 Å². The zero-order chi connectivity index (χ0) is 19.3. The second-order valence-electron chi connectivity index (χ2n) is 6.47. The Hall–Kier alpha value is -0.870. The van der Waals surface area contributed by atoms with Crippen LogP contribution in [0.4, 0.5) is 0 Å². The second kappa shape index (κ2) is 15.1. The summed E-state index contributed by atoms with van der Waals surface area (Å²) in [6, 6.07) is 10.2. The van der Waals surface area contributed by atoms with Gasteiger partial charge in [-0.15, -0.1) is 24.0 Å². The van der Waals surface area contributed by atoms with Crippen LogP contribution >= 0.6 is 24.0 Å². The number of sulfone groups is 1. The van der Waals surface area contributed by atoms with E-state index in [4.69, 9.17) is 4.74 Å². The highest BCUT2D eigenvalue weighted by molar-refractivity contribution is 14.0. The molecule has 1 unspecified atom stereocenters. The molecule has 0 fully saturated rings. The molecule has 0 saturated carbocycles. The van der Waals surface area contributed by atoms with E-state index in [1.807, 2.05) is 32.0 Å². The van der Waals surface area contributed by atoms with Gasteiger partial charge in [0, 0.05) is 32.0 Å². The molecule has 0 amide bonds. The number of benzene rings is 1.